The van der Waals surface area contributed by atoms with Gasteiger partial charge in [-0.2, -0.15) is 0 Å². The maximum absolute atomic E-state index is 14.3. The highest BCUT2D eigenvalue weighted by Crippen LogP contribution is 2.31. The first-order chi connectivity index (χ1) is 12.4. The minimum Gasteiger partial charge on any atom is -0.326 e. The number of anilines is 2. The number of nitrogens with one attached hydrogen (secondary N) is 2. The zero-order valence-corrected chi connectivity index (χ0v) is 15.3. The standard InChI is InChI=1S/C18H21FN4O2S/c1-11(24)21-12-5-6-13(14(19)9-12)15-10-26-17(22-15)23-16(25)18(20)7-3-2-4-8-18/h5-6,9-10H,2-4,7-8,20H2,1H3,(H,21,24)(H,22,23,25). The Bertz CT molecular complexity index is 830. The van der Waals surface area contributed by atoms with Crippen molar-refractivity contribution in [3.8, 4) is 11.3 Å². The van der Waals surface area contributed by atoms with Crippen LogP contribution >= 0.6 is 11.3 Å². The van der Waals surface area contributed by atoms with Crippen LogP contribution in [0.4, 0.5) is 15.2 Å². The van der Waals surface area contributed by atoms with E-state index < -0.39 is 11.4 Å². The highest BCUT2D eigenvalue weighted by molar-refractivity contribution is 7.14. The fraction of sp³-hybridized carbons (Fsp3) is 0.389. The number of nitrogens with two attached hydrogens (primary N) is 1. The summed E-state index contributed by atoms with van der Waals surface area (Å²) in [5, 5.41) is 7.36. The van der Waals surface area contributed by atoms with E-state index in [9.17, 15) is 14.0 Å². The molecular formula is C18H21FN4O2S. The average molecular weight is 376 g/mol. The normalized spacial score (nSPS) is 16.1. The number of carbonyl (C=O) groups is 2. The van der Waals surface area contributed by atoms with Crippen molar-refractivity contribution in [3.05, 3.63) is 29.4 Å². The summed E-state index contributed by atoms with van der Waals surface area (Å²) >= 11 is 1.22. The molecule has 0 saturated heterocycles. The monoisotopic (exact) mass is 376 g/mol. The van der Waals surface area contributed by atoms with Crippen molar-refractivity contribution in [2.24, 2.45) is 5.73 Å². The number of hydrogen-bond donors (Lipinski definition) is 3. The Morgan fingerprint density at radius 1 is 1.23 bits per heavy atom. The Morgan fingerprint density at radius 3 is 2.62 bits per heavy atom. The van der Waals surface area contributed by atoms with Gasteiger partial charge in [-0.1, -0.05) is 19.3 Å². The van der Waals surface area contributed by atoms with E-state index in [0.29, 0.717) is 34.9 Å². The van der Waals surface area contributed by atoms with Crippen molar-refractivity contribution < 1.29 is 14.0 Å². The first kappa shape index (κ1) is 18.5. The topological polar surface area (TPSA) is 97.1 Å². The largest absolute Gasteiger partial charge is 0.326 e. The summed E-state index contributed by atoms with van der Waals surface area (Å²) in [6.45, 7) is 1.36. The van der Waals surface area contributed by atoms with Gasteiger partial charge in [0.2, 0.25) is 11.8 Å². The number of nitrogens with zero attached hydrogens (tertiary/aromatic N) is 1. The summed E-state index contributed by atoms with van der Waals surface area (Å²) < 4.78 is 14.3. The zero-order valence-electron chi connectivity index (χ0n) is 14.5. The molecule has 1 saturated carbocycles. The molecule has 0 radical (unpaired) electrons. The second-order valence-electron chi connectivity index (χ2n) is 6.58. The lowest BCUT2D eigenvalue weighted by molar-refractivity contribution is -0.122. The molecule has 1 aliphatic rings. The van der Waals surface area contributed by atoms with Crippen molar-refractivity contribution in [2.45, 2.75) is 44.6 Å². The maximum atomic E-state index is 14.3. The van der Waals surface area contributed by atoms with Crippen LogP contribution in [-0.2, 0) is 9.59 Å². The van der Waals surface area contributed by atoms with Crippen molar-refractivity contribution in [2.75, 3.05) is 10.6 Å². The minimum atomic E-state index is -0.852. The van der Waals surface area contributed by atoms with Gasteiger partial charge in [0.1, 0.15) is 5.82 Å². The van der Waals surface area contributed by atoms with Gasteiger partial charge in [0, 0.05) is 23.6 Å². The van der Waals surface area contributed by atoms with Crippen LogP contribution in [0.5, 0.6) is 0 Å². The zero-order chi connectivity index (χ0) is 18.7. The number of hydrogen-bond acceptors (Lipinski definition) is 5. The predicted octanol–water partition coefficient (Wildman–Crippen LogP) is 3.51. The van der Waals surface area contributed by atoms with E-state index in [4.69, 9.17) is 5.73 Å². The Labute approximate surface area is 155 Å². The van der Waals surface area contributed by atoms with Crippen LogP contribution < -0.4 is 16.4 Å². The van der Waals surface area contributed by atoms with Gasteiger partial charge in [0.15, 0.2) is 5.13 Å². The van der Waals surface area contributed by atoms with E-state index in [1.165, 1.54) is 24.3 Å². The van der Waals surface area contributed by atoms with E-state index >= 15 is 0 Å². The molecule has 2 amide bonds. The number of thiazole rings is 1. The van der Waals surface area contributed by atoms with Gasteiger partial charge in [0.25, 0.3) is 0 Å². The van der Waals surface area contributed by atoms with Crippen LogP contribution in [0.2, 0.25) is 0 Å². The molecule has 2 aromatic rings. The molecule has 0 bridgehead atoms. The molecule has 1 aliphatic carbocycles. The molecule has 0 spiro atoms. The van der Waals surface area contributed by atoms with Crippen molar-refractivity contribution in [1.82, 2.24) is 4.98 Å². The molecule has 4 N–H and O–H groups in total. The van der Waals surface area contributed by atoms with Crippen LogP contribution in [0.25, 0.3) is 11.3 Å². The lowest BCUT2D eigenvalue weighted by Gasteiger charge is -2.31. The average Bonchev–Trinajstić information content (AvgIpc) is 3.03. The molecule has 0 unspecified atom stereocenters. The second kappa shape index (κ2) is 7.51. The Hall–Kier alpha value is -2.32. The van der Waals surface area contributed by atoms with E-state index in [1.807, 2.05) is 0 Å². The third-order valence-electron chi connectivity index (χ3n) is 4.49. The number of rotatable bonds is 4. The van der Waals surface area contributed by atoms with Gasteiger partial charge in [-0.3, -0.25) is 9.59 Å². The second-order valence-corrected chi connectivity index (χ2v) is 7.44. The predicted molar refractivity (Wildman–Crippen MR) is 100 cm³/mol. The molecule has 26 heavy (non-hydrogen) atoms. The summed E-state index contributed by atoms with van der Waals surface area (Å²) in [5.74, 6) is -1.00. The summed E-state index contributed by atoms with van der Waals surface area (Å²) in [6, 6.07) is 4.40. The number of halogens is 1. The maximum Gasteiger partial charge on any atom is 0.246 e. The van der Waals surface area contributed by atoms with E-state index in [2.05, 4.69) is 15.6 Å². The lowest BCUT2D eigenvalue weighted by Crippen LogP contribution is -2.52. The van der Waals surface area contributed by atoms with E-state index in [0.717, 1.165) is 19.3 Å². The summed E-state index contributed by atoms with van der Waals surface area (Å²) in [5.41, 5.74) is 6.47. The van der Waals surface area contributed by atoms with Gasteiger partial charge in [0.05, 0.1) is 11.2 Å². The quantitative estimate of drug-likeness (QED) is 0.761. The van der Waals surface area contributed by atoms with Crippen LogP contribution in [-0.4, -0.2) is 22.3 Å². The summed E-state index contributed by atoms with van der Waals surface area (Å²) in [6.07, 6.45) is 4.31. The number of benzene rings is 1. The highest BCUT2D eigenvalue weighted by Gasteiger charge is 2.35. The molecule has 3 rings (SSSR count). The molecule has 6 nitrogen and oxygen atoms in total. The molecule has 8 heteroatoms. The minimum absolute atomic E-state index is 0.237. The van der Waals surface area contributed by atoms with Gasteiger partial charge < -0.3 is 16.4 Å². The number of carbonyl (C=O) groups excluding carboxylic acids is 2. The van der Waals surface area contributed by atoms with Gasteiger partial charge >= 0.3 is 0 Å². The fourth-order valence-electron chi connectivity index (χ4n) is 3.09. The van der Waals surface area contributed by atoms with Crippen molar-refractivity contribution in [3.63, 3.8) is 0 Å². The van der Waals surface area contributed by atoms with Gasteiger partial charge in [-0.15, -0.1) is 11.3 Å². The van der Waals surface area contributed by atoms with Crippen molar-refractivity contribution >= 4 is 34.0 Å². The molecular weight excluding hydrogens is 355 g/mol. The molecule has 1 aromatic carbocycles. The van der Waals surface area contributed by atoms with Crippen LogP contribution in [0.15, 0.2) is 23.6 Å². The molecule has 0 atom stereocenters. The third-order valence-corrected chi connectivity index (χ3v) is 5.25. The van der Waals surface area contributed by atoms with Crippen molar-refractivity contribution in [1.29, 1.82) is 0 Å². The van der Waals surface area contributed by atoms with E-state index in [-0.39, 0.29) is 11.8 Å². The molecule has 1 fully saturated rings. The Balaban J connectivity index is 1.73. The van der Waals surface area contributed by atoms with Gasteiger partial charge in [-0.25, -0.2) is 9.37 Å². The first-order valence-electron chi connectivity index (χ1n) is 8.51. The smallest absolute Gasteiger partial charge is 0.246 e. The Kier molecular flexibility index (Phi) is 5.33. The first-order valence-corrected chi connectivity index (χ1v) is 9.39. The van der Waals surface area contributed by atoms with Crippen LogP contribution in [0, 0.1) is 5.82 Å². The Morgan fingerprint density at radius 2 is 1.96 bits per heavy atom. The molecule has 1 heterocycles. The van der Waals surface area contributed by atoms with Crippen LogP contribution in [0.3, 0.4) is 0 Å². The SMILES string of the molecule is CC(=O)Nc1ccc(-c2csc(NC(=O)C3(N)CCCCC3)n2)c(F)c1. The van der Waals surface area contributed by atoms with Crippen LogP contribution in [0.1, 0.15) is 39.0 Å². The molecule has 1 aromatic heterocycles. The third kappa shape index (κ3) is 4.08. The lowest BCUT2D eigenvalue weighted by atomic mass is 9.82. The summed E-state index contributed by atoms with van der Waals surface area (Å²) in [7, 11) is 0. The summed E-state index contributed by atoms with van der Waals surface area (Å²) in [4.78, 5) is 27.8. The number of aromatic nitrogens is 1. The molecule has 0 aliphatic heterocycles. The van der Waals surface area contributed by atoms with Gasteiger partial charge in [-0.05, 0) is 31.0 Å². The number of amides is 2. The molecule has 138 valence electrons. The van der Waals surface area contributed by atoms with E-state index in [1.54, 1.807) is 17.5 Å². The fourth-order valence-corrected chi connectivity index (χ4v) is 3.80. The highest BCUT2D eigenvalue weighted by atomic mass is 32.1.